The number of hydrogen-bond donors (Lipinski definition) is 1. The Morgan fingerprint density at radius 2 is 2.25 bits per heavy atom. The van der Waals surface area contributed by atoms with Crippen molar-refractivity contribution >= 4 is 5.69 Å². The first-order valence-corrected chi connectivity index (χ1v) is 7.39. The van der Waals surface area contributed by atoms with Gasteiger partial charge in [-0.25, -0.2) is 0 Å². The van der Waals surface area contributed by atoms with Crippen molar-refractivity contribution < 1.29 is 4.74 Å². The third-order valence-electron chi connectivity index (χ3n) is 4.53. The Kier molecular flexibility index (Phi) is 3.79. The average molecular weight is 271 g/mol. The maximum atomic E-state index is 9.22. The van der Waals surface area contributed by atoms with Gasteiger partial charge in [0, 0.05) is 24.7 Å². The molecule has 2 heterocycles. The zero-order chi connectivity index (χ0) is 13.9. The number of methoxy groups -OCH3 is 1. The molecule has 2 unspecified atom stereocenters. The van der Waals surface area contributed by atoms with Crippen LogP contribution in [0.3, 0.4) is 0 Å². The Hall–Kier alpha value is -1.73. The van der Waals surface area contributed by atoms with Gasteiger partial charge in [0.2, 0.25) is 0 Å². The van der Waals surface area contributed by atoms with Crippen LogP contribution in [0.2, 0.25) is 0 Å². The second kappa shape index (κ2) is 5.72. The molecule has 2 fully saturated rings. The van der Waals surface area contributed by atoms with Crippen LogP contribution in [-0.2, 0) is 0 Å². The number of anilines is 1. The molecule has 2 aliphatic heterocycles. The number of nitrogens with zero attached hydrogens (tertiary/aromatic N) is 2. The molecule has 1 N–H and O–H groups in total. The Morgan fingerprint density at radius 3 is 3.05 bits per heavy atom. The molecule has 2 saturated heterocycles. The molecule has 1 aromatic rings. The molecular formula is C16H21N3O. The molecule has 0 aliphatic carbocycles. The normalized spacial score (nSPS) is 25.8. The Bertz CT molecular complexity index is 523. The molecule has 2 atom stereocenters. The number of piperidine rings is 1. The lowest BCUT2D eigenvalue weighted by Gasteiger charge is -2.35. The van der Waals surface area contributed by atoms with Crippen LogP contribution in [0.15, 0.2) is 18.2 Å². The summed E-state index contributed by atoms with van der Waals surface area (Å²) in [6, 6.07) is 9.05. The van der Waals surface area contributed by atoms with Crippen LogP contribution >= 0.6 is 0 Å². The number of fused-ring (bicyclic) bond motifs is 1. The first-order valence-electron chi connectivity index (χ1n) is 7.39. The molecule has 106 valence electrons. The molecule has 0 aromatic heterocycles. The minimum absolute atomic E-state index is 0.466. The highest BCUT2D eigenvalue weighted by atomic mass is 16.5. The fourth-order valence-corrected chi connectivity index (χ4v) is 3.44. The van der Waals surface area contributed by atoms with Gasteiger partial charge in [-0.05, 0) is 44.4 Å². The number of benzene rings is 1. The van der Waals surface area contributed by atoms with E-state index in [9.17, 15) is 5.26 Å². The van der Waals surface area contributed by atoms with E-state index in [2.05, 4.69) is 16.3 Å². The first kappa shape index (κ1) is 13.3. The highest BCUT2D eigenvalue weighted by Crippen LogP contribution is 2.30. The van der Waals surface area contributed by atoms with Crippen molar-refractivity contribution in [3.8, 4) is 11.8 Å². The summed E-state index contributed by atoms with van der Waals surface area (Å²) in [6.07, 6.45) is 4.99. The fraction of sp³-hybridized carbons (Fsp3) is 0.562. The van der Waals surface area contributed by atoms with Gasteiger partial charge in [-0.3, -0.25) is 0 Å². The predicted molar refractivity (Wildman–Crippen MR) is 78.9 cm³/mol. The monoisotopic (exact) mass is 271 g/mol. The predicted octanol–water partition coefficient (Wildman–Crippen LogP) is 2.61. The Labute approximate surface area is 120 Å². The van der Waals surface area contributed by atoms with Crippen molar-refractivity contribution in [3.05, 3.63) is 23.8 Å². The maximum Gasteiger partial charge on any atom is 0.121 e. The van der Waals surface area contributed by atoms with E-state index in [0.29, 0.717) is 11.6 Å². The summed E-state index contributed by atoms with van der Waals surface area (Å²) in [5.41, 5.74) is 1.60. The molecule has 20 heavy (non-hydrogen) atoms. The molecular weight excluding hydrogens is 250 g/mol. The van der Waals surface area contributed by atoms with Gasteiger partial charge in [-0.15, -0.1) is 0 Å². The van der Waals surface area contributed by atoms with Crippen LogP contribution in [0.25, 0.3) is 0 Å². The zero-order valence-corrected chi connectivity index (χ0v) is 11.9. The van der Waals surface area contributed by atoms with Gasteiger partial charge in [0.1, 0.15) is 11.8 Å². The highest BCUT2D eigenvalue weighted by Gasteiger charge is 2.31. The second-order valence-corrected chi connectivity index (χ2v) is 5.72. The van der Waals surface area contributed by atoms with E-state index in [4.69, 9.17) is 4.74 Å². The van der Waals surface area contributed by atoms with Crippen LogP contribution < -0.4 is 10.1 Å². The summed E-state index contributed by atoms with van der Waals surface area (Å²) in [4.78, 5) is 2.61. The van der Waals surface area contributed by atoms with Crippen LogP contribution in [-0.4, -0.2) is 37.2 Å². The standard InChI is InChI=1S/C16H21N3O/c1-20-15-5-4-12(11-17)16(10-15)18-13-6-8-19-7-2-3-14(19)9-13/h4-5,10,13-14,18H,2-3,6-9H2,1H3. The van der Waals surface area contributed by atoms with E-state index in [1.807, 2.05) is 18.2 Å². The van der Waals surface area contributed by atoms with E-state index < -0.39 is 0 Å². The lowest BCUT2D eigenvalue weighted by atomic mass is 9.97. The molecule has 4 nitrogen and oxygen atoms in total. The molecule has 2 aliphatic rings. The van der Waals surface area contributed by atoms with Gasteiger partial charge in [0.05, 0.1) is 18.4 Å². The van der Waals surface area contributed by atoms with Crippen molar-refractivity contribution in [2.24, 2.45) is 0 Å². The Balaban J connectivity index is 1.72. The molecule has 0 radical (unpaired) electrons. The molecule has 0 spiro atoms. The van der Waals surface area contributed by atoms with Crippen molar-refractivity contribution in [2.45, 2.75) is 37.8 Å². The molecule has 0 saturated carbocycles. The molecule has 3 rings (SSSR count). The first-order chi connectivity index (χ1) is 9.80. The average Bonchev–Trinajstić information content (AvgIpc) is 2.94. The van der Waals surface area contributed by atoms with E-state index in [1.165, 1.54) is 32.4 Å². The van der Waals surface area contributed by atoms with E-state index in [0.717, 1.165) is 23.9 Å². The molecule has 4 heteroatoms. The molecule has 0 bridgehead atoms. The topological polar surface area (TPSA) is 48.3 Å². The second-order valence-electron chi connectivity index (χ2n) is 5.72. The molecule has 0 amide bonds. The van der Waals surface area contributed by atoms with Crippen LogP contribution in [0.4, 0.5) is 5.69 Å². The summed E-state index contributed by atoms with van der Waals surface area (Å²) in [5.74, 6) is 0.796. The number of nitriles is 1. The van der Waals surface area contributed by atoms with Crippen LogP contribution in [0.1, 0.15) is 31.2 Å². The SMILES string of the molecule is COc1ccc(C#N)c(NC2CCN3CCCC3C2)c1. The summed E-state index contributed by atoms with van der Waals surface area (Å²) in [6.45, 7) is 2.44. The quantitative estimate of drug-likeness (QED) is 0.918. The summed E-state index contributed by atoms with van der Waals surface area (Å²) in [7, 11) is 1.65. The van der Waals surface area contributed by atoms with Gasteiger partial charge in [-0.1, -0.05) is 0 Å². The number of nitrogens with one attached hydrogen (secondary N) is 1. The largest absolute Gasteiger partial charge is 0.497 e. The van der Waals surface area contributed by atoms with Crippen molar-refractivity contribution in [2.75, 3.05) is 25.5 Å². The smallest absolute Gasteiger partial charge is 0.121 e. The maximum absolute atomic E-state index is 9.22. The van der Waals surface area contributed by atoms with Gasteiger partial charge in [0.25, 0.3) is 0 Å². The lowest BCUT2D eigenvalue weighted by molar-refractivity contribution is 0.188. The van der Waals surface area contributed by atoms with E-state index >= 15 is 0 Å². The summed E-state index contributed by atoms with van der Waals surface area (Å²) < 4.78 is 5.26. The minimum Gasteiger partial charge on any atom is -0.497 e. The number of ether oxygens (including phenoxy) is 1. The molecule has 1 aromatic carbocycles. The van der Waals surface area contributed by atoms with Gasteiger partial charge >= 0.3 is 0 Å². The summed E-state index contributed by atoms with van der Waals surface area (Å²) in [5, 5.41) is 12.8. The highest BCUT2D eigenvalue weighted by molar-refractivity contribution is 5.60. The third-order valence-corrected chi connectivity index (χ3v) is 4.53. The Morgan fingerprint density at radius 1 is 1.35 bits per heavy atom. The van der Waals surface area contributed by atoms with Gasteiger partial charge in [-0.2, -0.15) is 5.26 Å². The van der Waals surface area contributed by atoms with Gasteiger partial charge < -0.3 is 15.0 Å². The summed E-state index contributed by atoms with van der Waals surface area (Å²) >= 11 is 0. The van der Waals surface area contributed by atoms with Crippen molar-refractivity contribution in [1.82, 2.24) is 4.90 Å². The van der Waals surface area contributed by atoms with E-state index in [-0.39, 0.29) is 0 Å². The van der Waals surface area contributed by atoms with Crippen LogP contribution in [0, 0.1) is 11.3 Å². The van der Waals surface area contributed by atoms with E-state index in [1.54, 1.807) is 7.11 Å². The third kappa shape index (κ3) is 2.59. The zero-order valence-electron chi connectivity index (χ0n) is 11.9. The van der Waals surface area contributed by atoms with Crippen molar-refractivity contribution in [1.29, 1.82) is 5.26 Å². The fourth-order valence-electron chi connectivity index (χ4n) is 3.44. The number of hydrogen-bond acceptors (Lipinski definition) is 4. The number of rotatable bonds is 3. The lowest BCUT2D eigenvalue weighted by Crippen LogP contribution is -2.42. The van der Waals surface area contributed by atoms with Crippen molar-refractivity contribution in [3.63, 3.8) is 0 Å². The van der Waals surface area contributed by atoms with Gasteiger partial charge in [0.15, 0.2) is 0 Å². The minimum atomic E-state index is 0.466. The van der Waals surface area contributed by atoms with Crippen LogP contribution in [0.5, 0.6) is 5.75 Å².